The molecule has 5 nitrogen and oxygen atoms in total. The molecule has 0 atom stereocenters. The maximum absolute atomic E-state index is 11.9. The van der Waals surface area contributed by atoms with Crippen molar-refractivity contribution >= 4 is 33.5 Å². The Bertz CT molecular complexity index is 1350. The summed E-state index contributed by atoms with van der Waals surface area (Å²) in [4.78, 5) is 23.6. The number of aryl methyl sites for hydroxylation is 3. The van der Waals surface area contributed by atoms with Crippen LogP contribution in [0.15, 0.2) is 54.8 Å². The van der Waals surface area contributed by atoms with E-state index >= 15 is 0 Å². The fourth-order valence-corrected chi connectivity index (χ4v) is 3.44. The average Bonchev–Trinajstić information content (AvgIpc) is 2.63. The summed E-state index contributed by atoms with van der Waals surface area (Å²) in [6.07, 6.45) is 0. The first-order valence-corrected chi connectivity index (χ1v) is 9.11. The molecule has 4 aromatic rings. The van der Waals surface area contributed by atoms with Crippen LogP contribution in [0.4, 0.5) is 0 Å². The topological polar surface area (TPSA) is 69.7 Å². The van der Waals surface area contributed by atoms with Crippen molar-refractivity contribution < 1.29 is 13.6 Å². The van der Waals surface area contributed by atoms with Gasteiger partial charge in [0.1, 0.15) is 23.5 Å². The van der Waals surface area contributed by atoms with Gasteiger partial charge >= 0.3 is 11.3 Å². The molecule has 0 saturated heterocycles. The van der Waals surface area contributed by atoms with Gasteiger partial charge in [-0.15, -0.1) is 0 Å². The molecule has 0 aliphatic heterocycles. The van der Waals surface area contributed by atoms with Gasteiger partial charge in [-0.25, -0.2) is 9.59 Å². The molecular formula is C22H17ClO5. The zero-order valence-corrected chi connectivity index (χ0v) is 16.3. The molecule has 0 fully saturated rings. The minimum atomic E-state index is -0.454. The Morgan fingerprint density at radius 2 is 1.64 bits per heavy atom. The van der Waals surface area contributed by atoms with Gasteiger partial charge < -0.3 is 13.6 Å². The molecule has 2 heterocycles. The Balaban J connectivity index is 1.76. The molecule has 0 spiro atoms. The van der Waals surface area contributed by atoms with Gasteiger partial charge in [-0.1, -0.05) is 11.6 Å². The minimum absolute atomic E-state index is 0.143. The Morgan fingerprint density at radius 3 is 2.43 bits per heavy atom. The lowest BCUT2D eigenvalue weighted by molar-refractivity contribution is 0.304. The van der Waals surface area contributed by atoms with Gasteiger partial charge in [0.15, 0.2) is 0 Å². The number of ether oxygens (including phenoxy) is 1. The molecule has 0 aliphatic carbocycles. The summed E-state index contributed by atoms with van der Waals surface area (Å²) in [5.74, 6) is 0.570. The standard InChI is InChI=1S/C22H17ClO5/c1-11-7-20(24)28-22-13(3)18(5-4-15(11)22)26-10-14-8-21(25)27-19-6-12(2)17(23)9-16(14)19/h4-9H,10H2,1-3H3. The van der Waals surface area contributed by atoms with E-state index in [0.717, 1.165) is 27.5 Å². The van der Waals surface area contributed by atoms with Crippen molar-refractivity contribution in [2.75, 3.05) is 0 Å². The summed E-state index contributed by atoms with van der Waals surface area (Å²) in [6.45, 7) is 5.68. The molecule has 6 heteroatoms. The van der Waals surface area contributed by atoms with E-state index in [1.807, 2.05) is 32.9 Å². The molecule has 2 aromatic heterocycles. The predicted molar refractivity (Wildman–Crippen MR) is 109 cm³/mol. The van der Waals surface area contributed by atoms with Crippen LogP contribution in [0.2, 0.25) is 5.02 Å². The molecule has 0 amide bonds. The van der Waals surface area contributed by atoms with Gasteiger partial charge in [0.2, 0.25) is 0 Å². The van der Waals surface area contributed by atoms with Crippen LogP contribution in [0.3, 0.4) is 0 Å². The third kappa shape index (κ3) is 3.18. The average molecular weight is 397 g/mol. The fourth-order valence-electron chi connectivity index (χ4n) is 3.28. The van der Waals surface area contributed by atoms with Crippen molar-refractivity contribution in [3.8, 4) is 5.75 Å². The summed E-state index contributed by atoms with van der Waals surface area (Å²) >= 11 is 6.23. The molecule has 0 unspecified atom stereocenters. The first-order valence-electron chi connectivity index (χ1n) is 8.73. The monoisotopic (exact) mass is 396 g/mol. The lowest BCUT2D eigenvalue weighted by Crippen LogP contribution is -2.05. The SMILES string of the molecule is Cc1cc2oc(=O)cc(COc3ccc4c(C)cc(=O)oc4c3C)c2cc1Cl. The predicted octanol–water partition coefficient (Wildman–Crippen LogP) is 5.06. The van der Waals surface area contributed by atoms with Crippen molar-refractivity contribution in [1.29, 1.82) is 0 Å². The van der Waals surface area contributed by atoms with E-state index in [9.17, 15) is 9.59 Å². The molecule has 0 N–H and O–H groups in total. The zero-order valence-electron chi connectivity index (χ0n) is 15.6. The summed E-state index contributed by atoms with van der Waals surface area (Å²) in [5, 5.41) is 2.16. The van der Waals surface area contributed by atoms with Gasteiger partial charge in [-0.3, -0.25) is 0 Å². The number of hydrogen-bond acceptors (Lipinski definition) is 5. The van der Waals surface area contributed by atoms with Crippen molar-refractivity contribution in [1.82, 2.24) is 0 Å². The van der Waals surface area contributed by atoms with Crippen LogP contribution < -0.4 is 16.0 Å². The Hall–Kier alpha value is -3.05. The highest BCUT2D eigenvalue weighted by atomic mass is 35.5. The highest BCUT2D eigenvalue weighted by Gasteiger charge is 2.13. The summed E-state index contributed by atoms with van der Waals surface area (Å²) in [5.41, 5.74) is 3.16. The van der Waals surface area contributed by atoms with Crippen molar-refractivity contribution in [2.24, 2.45) is 0 Å². The molecule has 28 heavy (non-hydrogen) atoms. The fraction of sp³-hybridized carbons (Fsp3) is 0.182. The molecular weight excluding hydrogens is 380 g/mol. The number of hydrogen-bond donors (Lipinski definition) is 0. The lowest BCUT2D eigenvalue weighted by atomic mass is 10.1. The maximum Gasteiger partial charge on any atom is 0.336 e. The Kier molecular flexibility index (Phi) is 4.47. The quantitative estimate of drug-likeness (QED) is 0.453. The molecule has 0 bridgehead atoms. The van der Waals surface area contributed by atoms with E-state index in [0.29, 0.717) is 27.5 Å². The van der Waals surface area contributed by atoms with Crippen LogP contribution in [-0.2, 0) is 6.61 Å². The van der Waals surface area contributed by atoms with Crippen LogP contribution in [-0.4, -0.2) is 0 Å². The summed E-state index contributed by atoms with van der Waals surface area (Å²) in [6, 6.07) is 10.0. The van der Waals surface area contributed by atoms with Gasteiger partial charge in [0.25, 0.3) is 0 Å². The highest BCUT2D eigenvalue weighted by molar-refractivity contribution is 6.32. The number of rotatable bonds is 3. The second-order valence-corrected chi connectivity index (χ2v) is 7.20. The molecule has 2 aromatic carbocycles. The van der Waals surface area contributed by atoms with Gasteiger partial charge in [-0.05, 0) is 56.2 Å². The minimum Gasteiger partial charge on any atom is -0.488 e. The van der Waals surface area contributed by atoms with Crippen LogP contribution in [0, 0.1) is 20.8 Å². The highest BCUT2D eigenvalue weighted by Crippen LogP contribution is 2.30. The van der Waals surface area contributed by atoms with Gasteiger partial charge in [0.05, 0.1) is 0 Å². The smallest absolute Gasteiger partial charge is 0.336 e. The van der Waals surface area contributed by atoms with Crippen molar-refractivity contribution in [3.63, 3.8) is 0 Å². The largest absolute Gasteiger partial charge is 0.488 e. The van der Waals surface area contributed by atoms with Gasteiger partial charge in [0, 0.05) is 39.1 Å². The van der Waals surface area contributed by atoms with Crippen LogP contribution in [0.1, 0.15) is 22.3 Å². The van der Waals surface area contributed by atoms with Crippen molar-refractivity contribution in [3.05, 3.63) is 84.5 Å². The first kappa shape index (κ1) is 18.3. The van der Waals surface area contributed by atoms with Crippen LogP contribution in [0.25, 0.3) is 21.9 Å². The second-order valence-electron chi connectivity index (χ2n) is 6.79. The van der Waals surface area contributed by atoms with E-state index in [1.165, 1.54) is 12.1 Å². The Labute approximate surface area is 165 Å². The molecule has 0 saturated carbocycles. The summed E-state index contributed by atoms with van der Waals surface area (Å²) in [7, 11) is 0. The third-order valence-corrected chi connectivity index (χ3v) is 5.22. The third-order valence-electron chi connectivity index (χ3n) is 4.81. The molecule has 142 valence electrons. The normalized spacial score (nSPS) is 11.3. The van der Waals surface area contributed by atoms with Gasteiger partial charge in [-0.2, -0.15) is 0 Å². The number of benzene rings is 2. The Morgan fingerprint density at radius 1 is 0.893 bits per heavy atom. The molecule has 0 radical (unpaired) electrons. The zero-order chi connectivity index (χ0) is 20.0. The lowest BCUT2D eigenvalue weighted by Gasteiger charge is -2.13. The molecule has 0 aliphatic rings. The second kappa shape index (κ2) is 6.84. The van der Waals surface area contributed by atoms with E-state index in [2.05, 4.69) is 0 Å². The number of fused-ring (bicyclic) bond motifs is 2. The summed E-state index contributed by atoms with van der Waals surface area (Å²) < 4.78 is 16.6. The van der Waals surface area contributed by atoms with Crippen LogP contribution in [0.5, 0.6) is 5.75 Å². The maximum atomic E-state index is 11.9. The van der Waals surface area contributed by atoms with E-state index in [4.69, 9.17) is 25.2 Å². The number of halogens is 1. The molecule has 4 rings (SSSR count). The first-order chi connectivity index (χ1) is 13.3. The van der Waals surface area contributed by atoms with E-state index in [-0.39, 0.29) is 6.61 Å². The van der Waals surface area contributed by atoms with E-state index in [1.54, 1.807) is 12.1 Å². The van der Waals surface area contributed by atoms with Crippen molar-refractivity contribution in [2.45, 2.75) is 27.4 Å². The van der Waals surface area contributed by atoms with E-state index < -0.39 is 11.3 Å². The van der Waals surface area contributed by atoms with Crippen LogP contribution >= 0.6 is 11.6 Å².